The third-order valence-corrected chi connectivity index (χ3v) is 6.59. The van der Waals surface area contributed by atoms with Crippen LogP contribution in [0.15, 0.2) is 90.0 Å². The molecule has 0 aliphatic carbocycles. The number of nitrogens with two attached hydrogens (primary N) is 1. The van der Waals surface area contributed by atoms with Crippen molar-refractivity contribution in [2.45, 2.75) is 4.90 Å². The van der Waals surface area contributed by atoms with Crippen LogP contribution in [0.3, 0.4) is 0 Å². The Bertz CT molecular complexity index is 1750. The molecule has 2 heterocycles. The third kappa shape index (κ3) is 4.93. The van der Waals surface area contributed by atoms with Gasteiger partial charge in [0.05, 0.1) is 21.5 Å². The Labute approximate surface area is 211 Å². The average Bonchev–Trinajstić information content (AvgIpc) is 3.27. The first kappa shape index (κ1) is 23.8. The quantitative estimate of drug-likeness (QED) is 0.245. The number of amides is 1. The van der Waals surface area contributed by atoms with E-state index in [1.165, 1.54) is 36.5 Å². The molecule has 0 aliphatic rings. The molecule has 0 aliphatic heterocycles. The Balaban J connectivity index is 1.61. The minimum absolute atomic E-state index is 0.146. The number of benzene rings is 3. The molecule has 1 amide bonds. The maximum atomic E-state index is 12.2. The monoisotopic (exact) mass is 516 g/mol. The highest BCUT2D eigenvalue weighted by molar-refractivity contribution is 7.90. The van der Waals surface area contributed by atoms with E-state index in [9.17, 15) is 18.4 Å². The lowest BCUT2D eigenvalue weighted by molar-refractivity contribution is -0.594. The Kier molecular flexibility index (Phi) is 5.98. The van der Waals surface area contributed by atoms with Crippen LogP contribution in [-0.4, -0.2) is 30.5 Å². The van der Waals surface area contributed by atoms with Gasteiger partial charge in [0.2, 0.25) is 5.82 Å². The molecule has 0 spiro atoms. The Morgan fingerprint density at radius 2 is 1.65 bits per heavy atom. The third-order valence-electron chi connectivity index (χ3n) is 5.47. The summed E-state index contributed by atoms with van der Waals surface area (Å²) in [6, 6.07) is 20.6. The number of para-hydroxylation sites is 1. The molecule has 0 saturated heterocycles. The van der Waals surface area contributed by atoms with Gasteiger partial charge in [-0.1, -0.05) is 12.1 Å². The number of fused-ring (bicyclic) bond motifs is 1. The van der Waals surface area contributed by atoms with Crippen LogP contribution in [0.4, 0.5) is 0 Å². The van der Waals surface area contributed by atoms with Crippen LogP contribution in [-0.2, 0) is 9.84 Å². The second-order valence-electron chi connectivity index (χ2n) is 8.12. The zero-order chi connectivity index (χ0) is 26.2. The first-order valence-corrected chi connectivity index (χ1v) is 12.9. The number of rotatable bonds is 7. The van der Waals surface area contributed by atoms with Gasteiger partial charge in [-0.25, -0.2) is 13.4 Å². The van der Waals surface area contributed by atoms with Crippen molar-refractivity contribution in [2.24, 2.45) is 5.73 Å². The van der Waals surface area contributed by atoms with Gasteiger partial charge in [-0.15, -0.1) is 0 Å². The number of nitrogens with zero attached hydrogens (tertiary/aromatic N) is 2. The van der Waals surface area contributed by atoms with Crippen LogP contribution in [0, 0.1) is 5.21 Å². The van der Waals surface area contributed by atoms with E-state index >= 15 is 0 Å². The summed E-state index contributed by atoms with van der Waals surface area (Å²) in [6.45, 7) is 0. The van der Waals surface area contributed by atoms with E-state index in [0.29, 0.717) is 33.0 Å². The Morgan fingerprint density at radius 3 is 2.35 bits per heavy atom. The number of primary amides is 1. The molecule has 0 bridgehead atoms. The van der Waals surface area contributed by atoms with Gasteiger partial charge < -0.3 is 25.4 Å². The number of aromatic nitrogens is 3. The minimum Gasteiger partial charge on any atom is -0.618 e. The molecule has 0 fully saturated rings. The van der Waals surface area contributed by atoms with Gasteiger partial charge >= 0.3 is 0 Å². The molecule has 3 N–H and O–H groups in total. The number of hydrogen-bond donors (Lipinski definition) is 2. The second-order valence-corrected chi connectivity index (χ2v) is 10.1. The lowest BCUT2D eigenvalue weighted by Gasteiger charge is -2.14. The van der Waals surface area contributed by atoms with E-state index in [1.54, 1.807) is 48.5 Å². The Hall–Kier alpha value is -4.90. The SMILES string of the molecule is CS(=O)(=O)c1ccc(Oc2cc3nc(-c4cccc[n+]4[O-])[nH]c3cc2Oc2ccccc2C(N)=O)cc1. The maximum Gasteiger partial charge on any atom is 0.259 e. The number of pyridine rings is 1. The smallest absolute Gasteiger partial charge is 0.259 e. The Morgan fingerprint density at radius 1 is 0.946 bits per heavy atom. The van der Waals surface area contributed by atoms with Gasteiger partial charge in [0.25, 0.3) is 11.6 Å². The second kappa shape index (κ2) is 9.28. The van der Waals surface area contributed by atoms with E-state index in [0.717, 1.165) is 6.26 Å². The summed E-state index contributed by atoms with van der Waals surface area (Å²) in [4.78, 5) is 19.7. The summed E-state index contributed by atoms with van der Waals surface area (Å²) in [5, 5.41) is 12.2. The van der Waals surface area contributed by atoms with Crippen molar-refractivity contribution in [2.75, 3.05) is 6.26 Å². The van der Waals surface area contributed by atoms with Crippen LogP contribution < -0.4 is 19.9 Å². The summed E-state index contributed by atoms with van der Waals surface area (Å²) in [5.74, 6) is 0.696. The number of nitrogens with one attached hydrogen (secondary N) is 1. The molecule has 186 valence electrons. The number of carbonyl (C=O) groups excluding carboxylic acids is 1. The molecule has 11 heteroatoms. The summed E-state index contributed by atoms with van der Waals surface area (Å²) in [5.41, 5.74) is 7.03. The van der Waals surface area contributed by atoms with Gasteiger partial charge in [0.15, 0.2) is 27.5 Å². The average molecular weight is 517 g/mol. The van der Waals surface area contributed by atoms with E-state index in [-0.39, 0.29) is 27.7 Å². The first-order chi connectivity index (χ1) is 17.7. The van der Waals surface area contributed by atoms with Crippen LogP contribution in [0.2, 0.25) is 0 Å². The molecule has 0 saturated carbocycles. The number of aromatic amines is 1. The van der Waals surface area contributed by atoms with E-state index in [4.69, 9.17) is 15.2 Å². The lowest BCUT2D eigenvalue weighted by atomic mass is 10.2. The van der Waals surface area contributed by atoms with Crippen LogP contribution >= 0.6 is 0 Å². The van der Waals surface area contributed by atoms with Crippen molar-refractivity contribution in [1.82, 2.24) is 9.97 Å². The minimum atomic E-state index is -3.38. The molecular weight excluding hydrogens is 496 g/mol. The predicted octanol–water partition coefficient (Wildman–Crippen LogP) is 3.95. The molecule has 0 unspecified atom stereocenters. The highest BCUT2D eigenvalue weighted by atomic mass is 32.2. The number of ether oxygens (including phenoxy) is 2. The van der Waals surface area contributed by atoms with Crippen molar-refractivity contribution < 1.29 is 27.4 Å². The van der Waals surface area contributed by atoms with Crippen molar-refractivity contribution in [3.05, 3.63) is 95.8 Å². The van der Waals surface area contributed by atoms with Crippen LogP contribution in [0.5, 0.6) is 23.0 Å². The van der Waals surface area contributed by atoms with Crippen LogP contribution in [0.1, 0.15) is 10.4 Å². The van der Waals surface area contributed by atoms with Crippen molar-refractivity contribution in [3.8, 4) is 34.5 Å². The standard InChI is InChI=1S/C26H20N4O6S/c1-37(33,34)17-11-9-16(10-12-17)35-23-14-19-20(29-26(28-19)21-7-4-5-13-30(21)32)15-24(23)36-22-8-3-2-6-18(22)25(27)31/h2-15H,1H3,(H2,27,31)(H,28,29). The zero-order valence-corrected chi connectivity index (χ0v) is 20.2. The molecule has 37 heavy (non-hydrogen) atoms. The fraction of sp³-hybridized carbons (Fsp3) is 0.0385. The fourth-order valence-electron chi connectivity index (χ4n) is 3.67. The number of carbonyl (C=O) groups is 1. The number of sulfone groups is 1. The maximum absolute atomic E-state index is 12.2. The van der Waals surface area contributed by atoms with Crippen molar-refractivity contribution >= 4 is 26.8 Å². The van der Waals surface area contributed by atoms with Crippen LogP contribution in [0.25, 0.3) is 22.6 Å². The van der Waals surface area contributed by atoms with Gasteiger partial charge in [-0.05, 0) is 42.5 Å². The molecular formula is C26H20N4O6S. The van der Waals surface area contributed by atoms with Crippen molar-refractivity contribution in [1.29, 1.82) is 0 Å². The summed E-state index contributed by atoms with van der Waals surface area (Å²) in [7, 11) is -3.38. The molecule has 0 radical (unpaired) electrons. The summed E-state index contributed by atoms with van der Waals surface area (Å²) in [6.07, 6.45) is 2.49. The zero-order valence-electron chi connectivity index (χ0n) is 19.4. The van der Waals surface area contributed by atoms with Gasteiger partial charge in [0.1, 0.15) is 11.5 Å². The highest BCUT2D eigenvalue weighted by Crippen LogP contribution is 2.39. The van der Waals surface area contributed by atoms with Gasteiger partial charge in [-0.2, -0.15) is 4.73 Å². The highest BCUT2D eigenvalue weighted by Gasteiger charge is 2.19. The fourth-order valence-corrected chi connectivity index (χ4v) is 4.30. The van der Waals surface area contributed by atoms with Gasteiger partial charge in [-0.3, -0.25) is 4.79 Å². The largest absolute Gasteiger partial charge is 0.618 e. The number of imidazole rings is 1. The van der Waals surface area contributed by atoms with Crippen molar-refractivity contribution in [3.63, 3.8) is 0 Å². The van der Waals surface area contributed by atoms with E-state index < -0.39 is 15.7 Å². The normalized spacial score (nSPS) is 11.4. The molecule has 5 rings (SSSR count). The molecule has 0 atom stereocenters. The van der Waals surface area contributed by atoms with E-state index in [2.05, 4.69) is 9.97 Å². The molecule has 5 aromatic rings. The number of hydrogen-bond acceptors (Lipinski definition) is 7. The molecule has 3 aromatic carbocycles. The predicted molar refractivity (Wildman–Crippen MR) is 135 cm³/mol. The number of H-pyrrole nitrogens is 1. The van der Waals surface area contributed by atoms with Gasteiger partial charge in [0, 0.05) is 30.5 Å². The topological polar surface area (TPSA) is 151 Å². The lowest BCUT2D eigenvalue weighted by Crippen LogP contribution is -2.28. The summed E-state index contributed by atoms with van der Waals surface area (Å²) < 4.78 is 36.4. The molecule has 10 nitrogen and oxygen atoms in total. The molecule has 2 aromatic heterocycles. The summed E-state index contributed by atoms with van der Waals surface area (Å²) >= 11 is 0. The van der Waals surface area contributed by atoms with E-state index in [1.807, 2.05) is 0 Å². The first-order valence-electron chi connectivity index (χ1n) is 11.0.